The number of aromatic nitrogens is 4. The molecule has 0 radical (unpaired) electrons. The molecule has 1 aliphatic carbocycles. The monoisotopic (exact) mass is 349 g/mol. The average Bonchev–Trinajstić information content (AvgIpc) is 3.28. The van der Waals surface area contributed by atoms with Crippen LogP contribution >= 0.6 is 11.6 Å². The average molecular weight is 350 g/mol. The van der Waals surface area contributed by atoms with Gasteiger partial charge >= 0.3 is 6.01 Å². The van der Waals surface area contributed by atoms with E-state index in [-0.39, 0.29) is 5.41 Å². The lowest BCUT2D eigenvalue weighted by molar-refractivity contribution is 0.297. The van der Waals surface area contributed by atoms with Gasteiger partial charge in [0.1, 0.15) is 5.02 Å². The van der Waals surface area contributed by atoms with Gasteiger partial charge in [0.15, 0.2) is 5.82 Å². The van der Waals surface area contributed by atoms with Crippen molar-refractivity contribution in [3.8, 4) is 6.01 Å². The Hall–Kier alpha value is -1.89. The van der Waals surface area contributed by atoms with Gasteiger partial charge in [-0.05, 0) is 18.8 Å². The van der Waals surface area contributed by atoms with E-state index in [2.05, 4.69) is 25.1 Å². The molecule has 2 aromatic rings. The summed E-state index contributed by atoms with van der Waals surface area (Å²) in [6.45, 7) is 3.68. The SMILES string of the molecule is CCc1nnc([C@]23CCC[C@H]2CN(c2nc(OC)ncc2Cl)C3)o1. The second-order valence-electron chi connectivity index (χ2n) is 6.51. The van der Waals surface area contributed by atoms with Gasteiger partial charge in [-0.2, -0.15) is 4.98 Å². The predicted octanol–water partition coefficient (Wildman–Crippen LogP) is 2.64. The number of methoxy groups -OCH3 is 1. The summed E-state index contributed by atoms with van der Waals surface area (Å²) < 4.78 is 11.1. The molecule has 2 fully saturated rings. The maximum absolute atomic E-state index is 6.33. The van der Waals surface area contributed by atoms with E-state index in [9.17, 15) is 0 Å². The van der Waals surface area contributed by atoms with E-state index in [0.717, 1.165) is 38.2 Å². The van der Waals surface area contributed by atoms with Crippen LogP contribution in [0.5, 0.6) is 6.01 Å². The molecule has 8 heteroatoms. The summed E-state index contributed by atoms with van der Waals surface area (Å²) >= 11 is 6.33. The first-order valence-electron chi connectivity index (χ1n) is 8.30. The van der Waals surface area contributed by atoms with Gasteiger partial charge in [-0.3, -0.25) is 0 Å². The van der Waals surface area contributed by atoms with E-state index in [1.165, 1.54) is 6.42 Å². The molecule has 1 saturated heterocycles. The predicted molar refractivity (Wildman–Crippen MR) is 88.5 cm³/mol. The van der Waals surface area contributed by atoms with E-state index in [0.29, 0.717) is 28.7 Å². The highest BCUT2D eigenvalue weighted by Crippen LogP contribution is 2.51. The van der Waals surface area contributed by atoms with Crippen molar-refractivity contribution >= 4 is 17.4 Å². The maximum atomic E-state index is 6.33. The molecule has 0 spiro atoms. The first-order chi connectivity index (χ1) is 11.7. The van der Waals surface area contributed by atoms with Crippen molar-refractivity contribution in [3.63, 3.8) is 0 Å². The third kappa shape index (κ3) is 2.33. The first kappa shape index (κ1) is 15.6. The lowest BCUT2D eigenvalue weighted by Gasteiger charge is -2.25. The van der Waals surface area contributed by atoms with Crippen molar-refractivity contribution < 1.29 is 9.15 Å². The number of ether oxygens (including phenoxy) is 1. The Labute approximate surface area is 145 Å². The van der Waals surface area contributed by atoms with E-state index in [1.807, 2.05) is 6.92 Å². The second-order valence-corrected chi connectivity index (χ2v) is 6.92. The van der Waals surface area contributed by atoms with Crippen molar-refractivity contribution in [2.45, 2.75) is 38.0 Å². The fourth-order valence-electron chi connectivity index (χ4n) is 4.06. The van der Waals surface area contributed by atoms with Crippen LogP contribution in [0.4, 0.5) is 5.82 Å². The molecule has 1 saturated carbocycles. The maximum Gasteiger partial charge on any atom is 0.318 e. The highest BCUT2D eigenvalue weighted by Gasteiger charge is 2.54. The Bertz CT molecular complexity index is 752. The van der Waals surface area contributed by atoms with E-state index in [1.54, 1.807) is 13.3 Å². The van der Waals surface area contributed by atoms with Gasteiger partial charge in [0.05, 0.1) is 18.7 Å². The number of hydrogen-bond donors (Lipinski definition) is 0. The number of fused-ring (bicyclic) bond motifs is 1. The summed E-state index contributed by atoms with van der Waals surface area (Å²) in [6.07, 6.45) is 5.74. The quantitative estimate of drug-likeness (QED) is 0.839. The number of halogens is 1. The summed E-state index contributed by atoms with van der Waals surface area (Å²) in [7, 11) is 1.55. The Balaban J connectivity index is 1.68. The third-order valence-corrected chi connectivity index (χ3v) is 5.52. The van der Waals surface area contributed by atoms with Gasteiger partial charge in [0.25, 0.3) is 0 Å². The second kappa shape index (κ2) is 5.88. The van der Waals surface area contributed by atoms with Gasteiger partial charge < -0.3 is 14.1 Å². The molecule has 0 bridgehead atoms. The lowest BCUT2D eigenvalue weighted by Crippen LogP contribution is -2.32. The molecule has 3 heterocycles. The molecule has 128 valence electrons. The smallest absolute Gasteiger partial charge is 0.318 e. The van der Waals surface area contributed by atoms with Crippen molar-refractivity contribution in [2.75, 3.05) is 25.1 Å². The highest BCUT2D eigenvalue weighted by molar-refractivity contribution is 6.32. The summed E-state index contributed by atoms with van der Waals surface area (Å²) in [5, 5.41) is 9.06. The molecule has 0 N–H and O–H groups in total. The van der Waals surface area contributed by atoms with Gasteiger partial charge in [-0.15, -0.1) is 10.2 Å². The van der Waals surface area contributed by atoms with Crippen LogP contribution < -0.4 is 9.64 Å². The number of anilines is 1. The van der Waals surface area contributed by atoms with Crippen molar-refractivity contribution in [1.29, 1.82) is 0 Å². The Morgan fingerprint density at radius 1 is 1.46 bits per heavy atom. The zero-order chi connectivity index (χ0) is 16.7. The fraction of sp³-hybridized carbons (Fsp3) is 0.625. The van der Waals surface area contributed by atoms with Gasteiger partial charge in [0, 0.05) is 19.5 Å². The molecule has 2 aromatic heterocycles. The topological polar surface area (TPSA) is 77.2 Å². The molecule has 0 amide bonds. The molecule has 2 atom stereocenters. The summed E-state index contributed by atoms with van der Waals surface area (Å²) in [5.41, 5.74) is -0.0953. The molecule has 4 rings (SSSR count). The molecular weight excluding hydrogens is 330 g/mol. The molecule has 24 heavy (non-hydrogen) atoms. The van der Waals surface area contributed by atoms with Crippen molar-refractivity contribution in [1.82, 2.24) is 20.2 Å². The van der Waals surface area contributed by atoms with Crippen LogP contribution in [0.1, 0.15) is 38.0 Å². The van der Waals surface area contributed by atoms with Crippen LogP contribution in [0.25, 0.3) is 0 Å². The molecule has 2 aliphatic rings. The Morgan fingerprint density at radius 2 is 2.33 bits per heavy atom. The third-order valence-electron chi connectivity index (χ3n) is 5.25. The van der Waals surface area contributed by atoms with Crippen LogP contribution in [0, 0.1) is 5.92 Å². The van der Waals surface area contributed by atoms with Crippen LogP contribution in [0.3, 0.4) is 0 Å². The summed E-state index contributed by atoms with van der Waals surface area (Å²) in [5.74, 6) is 2.65. The number of aryl methyl sites for hydroxylation is 1. The van der Waals surface area contributed by atoms with Crippen LogP contribution in [-0.4, -0.2) is 40.4 Å². The van der Waals surface area contributed by atoms with E-state index in [4.69, 9.17) is 20.8 Å². The minimum absolute atomic E-state index is 0.0953. The van der Waals surface area contributed by atoms with Gasteiger partial charge in [-0.1, -0.05) is 24.9 Å². The van der Waals surface area contributed by atoms with Crippen LogP contribution in [0.2, 0.25) is 5.02 Å². The number of nitrogens with zero attached hydrogens (tertiary/aromatic N) is 5. The van der Waals surface area contributed by atoms with Gasteiger partial charge in [0.2, 0.25) is 11.8 Å². The van der Waals surface area contributed by atoms with E-state index < -0.39 is 0 Å². The summed E-state index contributed by atoms with van der Waals surface area (Å²) in [4.78, 5) is 10.7. The lowest BCUT2D eigenvalue weighted by atomic mass is 9.80. The molecule has 0 aromatic carbocycles. The zero-order valence-electron chi connectivity index (χ0n) is 13.8. The number of rotatable bonds is 4. The Morgan fingerprint density at radius 3 is 3.08 bits per heavy atom. The zero-order valence-corrected chi connectivity index (χ0v) is 14.6. The normalized spacial score (nSPS) is 26.0. The van der Waals surface area contributed by atoms with Crippen molar-refractivity contribution in [3.05, 3.63) is 23.0 Å². The molecule has 7 nitrogen and oxygen atoms in total. The Kier molecular flexibility index (Phi) is 3.83. The molecule has 1 aliphatic heterocycles. The van der Waals surface area contributed by atoms with Crippen LogP contribution in [0.15, 0.2) is 10.6 Å². The number of hydrogen-bond acceptors (Lipinski definition) is 7. The largest absolute Gasteiger partial charge is 0.467 e. The summed E-state index contributed by atoms with van der Waals surface area (Å²) in [6, 6.07) is 0.326. The highest BCUT2D eigenvalue weighted by atomic mass is 35.5. The standard InChI is InChI=1S/C16H20ClN5O2/c1-3-12-20-21-14(24-12)16-6-4-5-10(16)8-22(9-16)13-11(17)7-18-15(19-13)23-2/h7,10H,3-6,8-9H2,1-2H3/t10-,16-/m0/s1. The molecule has 0 unspecified atom stereocenters. The van der Waals surface area contributed by atoms with Crippen LogP contribution in [-0.2, 0) is 11.8 Å². The van der Waals surface area contributed by atoms with E-state index >= 15 is 0 Å². The minimum atomic E-state index is -0.0953. The fourth-order valence-corrected chi connectivity index (χ4v) is 4.27. The molecular formula is C16H20ClN5O2. The minimum Gasteiger partial charge on any atom is -0.467 e. The van der Waals surface area contributed by atoms with Crippen molar-refractivity contribution in [2.24, 2.45) is 5.92 Å². The van der Waals surface area contributed by atoms with Gasteiger partial charge in [-0.25, -0.2) is 4.98 Å². The first-order valence-corrected chi connectivity index (χ1v) is 8.68.